The number of nitriles is 1. The number of hydrogen-bond donors (Lipinski definition) is 0. The Labute approximate surface area is 157 Å². The van der Waals surface area contributed by atoms with Crippen LogP contribution in [0.3, 0.4) is 0 Å². The third-order valence-corrected chi connectivity index (χ3v) is 4.67. The SMILES string of the molecule is CCOc1ccc(N(CCC#N)C(=O)CCSc2ccccc2F)cc1. The van der Waals surface area contributed by atoms with E-state index in [2.05, 4.69) is 6.07 Å². The number of halogens is 1. The topological polar surface area (TPSA) is 53.3 Å². The molecule has 0 radical (unpaired) electrons. The average Bonchev–Trinajstić information content (AvgIpc) is 2.65. The van der Waals surface area contributed by atoms with E-state index in [0.717, 1.165) is 11.4 Å². The monoisotopic (exact) mass is 372 g/mol. The van der Waals surface area contributed by atoms with Crippen molar-refractivity contribution in [3.63, 3.8) is 0 Å². The van der Waals surface area contributed by atoms with Crippen LogP contribution in [0.25, 0.3) is 0 Å². The van der Waals surface area contributed by atoms with Crippen LogP contribution >= 0.6 is 11.8 Å². The fraction of sp³-hybridized carbons (Fsp3) is 0.300. The fourth-order valence-corrected chi connectivity index (χ4v) is 3.27. The first-order valence-corrected chi connectivity index (χ1v) is 9.41. The number of hydrogen-bond acceptors (Lipinski definition) is 4. The second-order valence-corrected chi connectivity index (χ2v) is 6.55. The van der Waals surface area contributed by atoms with Gasteiger partial charge in [0.05, 0.1) is 19.1 Å². The molecule has 0 fully saturated rings. The molecule has 2 aromatic carbocycles. The summed E-state index contributed by atoms with van der Waals surface area (Å²) in [4.78, 5) is 14.7. The zero-order chi connectivity index (χ0) is 18.8. The van der Waals surface area contributed by atoms with E-state index in [9.17, 15) is 9.18 Å². The Kier molecular flexibility index (Phi) is 7.97. The molecule has 2 rings (SSSR count). The number of thioether (sulfide) groups is 1. The lowest BCUT2D eigenvalue weighted by molar-refractivity contribution is -0.118. The molecule has 0 aromatic heterocycles. The quantitative estimate of drug-likeness (QED) is 0.601. The number of amides is 1. The molecule has 0 saturated carbocycles. The molecule has 6 heteroatoms. The molecule has 0 aliphatic rings. The zero-order valence-corrected chi connectivity index (χ0v) is 15.5. The average molecular weight is 372 g/mol. The smallest absolute Gasteiger partial charge is 0.227 e. The summed E-state index contributed by atoms with van der Waals surface area (Å²) in [5, 5.41) is 8.86. The third-order valence-electron chi connectivity index (χ3n) is 3.62. The molecule has 0 N–H and O–H groups in total. The van der Waals surface area contributed by atoms with Crippen molar-refractivity contribution in [2.45, 2.75) is 24.7 Å². The highest BCUT2D eigenvalue weighted by Crippen LogP contribution is 2.24. The summed E-state index contributed by atoms with van der Waals surface area (Å²) in [6, 6.07) is 15.8. The van der Waals surface area contributed by atoms with Crippen molar-refractivity contribution in [1.82, 2.24) is 0 Å². The first-order valence-electron chi connectivity index (χ1n) is 8.43. The maximum absolute atomic E-state index is 13.6. The molecule has 2 aromatic rings. The van der Waals surface area contributed by atoms with Gasteiger partial charge in [-0.3, -0.25) is 4.79 Å². The van der Waals surface area contributed by atoms with Gasteiger partial charge in [-0.25, -0.2) is 4.39 Å². The maximum atomic E-state index is 13.6. The van der Waals surface area contributed by atoms with Gasteiger partial charge >= 0.3 is 0 Å². The van der Waals surface area contributed by atoms with Crippen molar-refractivity contribution in [3.8, 4) is 11.8 Å². The molecule has 0 heterocycles. The van der Waals surface area contributed by atoms with Gasteiger partial charge in [-0.15, -0.1) is 11.8 Å². The Morgan fingerprint density at radius 1 is 1.23 bits per heavy atom. The van der Waals surface area contributed by atoms with Gasteiger partial charge in [0.15, 0.2) is 0 Å². The number of rotatable bonds is 9. The van der Waals surface area contributed by atoms with Crippen LogP contribution in [0.1, 0.15) is 19.8 Å². The molecule has 0 saturated heterocycles. The van der Waals surface area contributed by atoms with Crippen LogP contribution < -0.4 is 9.64 Å². The van der Waals surface area contributed by atoms with Crippen LogP contribution in [0.5, 0.6) is 5.75 Å². The van der Waals surface area contributed by atoms with Crippen molar-refractivity contribution in [2.75, 3.05) is 23.8 Å². The van der Waals surface area contributed by atoms with E-state index in [1.165, 1.54) is 17.8 Å². The Hall–Kier alpha value is -2.52. The fourth-order valence-electron chi connectivity index (χ4n) is 2.39. The Morgan fingerprint density at radius 2 is 1.96 bits per heavy atom. The molecular formula is C20H21FN2O2S. The van der Waals surface area contributed by atoms with Crippen molar-refractivity contribution in [3.05, 3.63) is 54.3 Å². The maximum Gasteiger partial charge on any atom is 0.227 e. The number of carbonyl (C=O) groups excluding carboxylic acids is 1. The van der Waals surface area contributed by atoms with Gasteiger partial charge in [0.25, 0.3) is 0 Å². The molecule has 0 aliphatic carbocycles. The predicted molar refractivity (Wildman–Crippen MR) is 102 cm³/mol. The Balaban J connectivity index is 1.99. The van der Waals surface area contributed by atoms with Gasteiger partial charge in [0.2, 0.25) is 5.91 Å². The number of benzene rings is 2. The standard InChI is InChI=1S/C20H21FN2O2S/c1-2-25-17-10-8-16(9-11-17)23(14-5-13-22)20(24)12-15-26-19-7-4-3-6-18(19)21/h3-4,6-11H,2,5,12,14-15H2,1H3. The highest BCUT2D eigenvalue weighted by Gasteiger charge is 2.16. The van der Waals surface area contributed by atoms with Crippen LogP contribution in [-0.4, -0.2) is 24.8 Å². The third kappa shape index (κ3) is 5.78. The molecule has 0 atom stereocenters. The van der Waals surface area contributed by atoms with Crippen LogP contribution in [0.15, 0.2) is 53.4 Å². The van der Waals surface area contributed by atoms with E-state index in [-0.39, 0.29) is 24.6 Å². The molecule has 0 spiro atoms. The van der Waals surface area contributed by atoms with Gasteiger partial charge in [0, 0.05) is 29.3 Å². The van der Waals surface area contributed by atoms with Crippen molar-refractivity contribution >= 4 is 23.4 Å². The van der Waals surface area contributed by atoms with Crippen LogP contribution in [-0.2, 0) is 4.79 Å². The summed E-state index contributed by atoms with van der Waals surface area (Å²) in [6.45, 7) is 2.81. The van der Waals surface area contributed by atoms with Crippen LogP contribution in [0.2, 0.25) is 0 Å². The summed E-state index contributed by atoms with van der Waals surface area (Å²) in [6.07, 6.45) is 0.511. The second kappa shape index (κ2) is 10.5. The van der Waals surface area contributed by atoms with Gasteiger partial charge in [-0.05, 0) is 43.3 Å². The number of anilines is 1. The number of carbonyl (C=O) groups is 1. The molecule has 136 valence electrons. The van der Waals surface area contributed by atoms with Gasteiger partial charge < -0.3 is 9.64 Å². The van der Waals surface area contributed by atoms with Gasteiger partial charge in [0.1, 0.15) is 11.6 Å². The molecule has 0 bridgehead atoms. The summed E-state index contributed by atoms with van der Waals surface area (Å²) in [5.41, 5.74) is 0.726. The minimum absolute atomic E-state index is 0.0896. The molecule has 26 heavy (non-hydrogen) atoms. The van der Waals surface area contributed by atoms with Crippen molar-refractivity contribution in [1.29, 1.82) is 5.26 Å². The second-order valence-electron chi connectivity index (χ2n) is 5.41. The highest BCUT2D eigenvalue weighted by molar-refractivity contribution is 7.99. The lowest BCUT2D eigenvalue weighted by atomic mass is 10.2. The van der Waals surface area contributed by atoms with E-state index in [4.69, 9.17) is 10.00 Å². The van der Waals surface area contributed by atoms with Crippen molar-refractivity contribution < 1.29 is 13.9 Å². The summed E-state index contributed by atoms with van der Waals surface area (Å²) >= 11 is 1.31. The van der Waals surface area contributed by atoms with E-state index in [0.29, 0.717) is 23.8 Å². The van der Waals surface area contributed by atoms with Gasteiger partial charge in [-0.2, -0.15) is 5.26 Å². The lowest BCUT2D eigenvalue weighted by Crippen LogP contribution is -2.32. The lowest BCUT2D eigenvalue weighted by Gasteiger charge is -2.22. The minimum Gasteiger partial charge on any atom is -0.494 e. The highest BCUT2D eigenvalue weighted by atomic mass is 32.2. The largest absolute Gasteiger partial charge is 0.494 e. The zero-order valence-electron chi connectivity index (χ0n) is 14.7. The van der Waals surface area contributed by atoms with Crippen LogP contribution in [0, 0.1) is 17.1 Å². The van der Waals surface area contributed by atoms with E-state index >= 15 is 0 Å². The first kappa shape index (κ1) is 19.8. The van der Waals surface area contributed by atoms with E-state index < -0.39 is 0 Å². The van der Waals surface area contributed by atoms with Gasteiger partial charge in [-0.1, -0.05) is 12.1 Å². The van der Waals surface area contributed by atoms with Crippen molar-refractivity contribution in [2.24, 2.45) is 0 Å². The molecule has 4 nitrogen and oxygen atoms in total. The normalized spacial score (nSPS) is 10.2. The summed E-state index contributed by atoms with van der Waals surface area (Å²) < 4.78 is 19.1. The molecule has 0 aliphatic heterocycles. The summed E-state index contributed by atoms with van der Waals surface area (Å²) in [5.74, 6) is 0.838. The van der Waals surface area contributed by atoms with E-state index in [1.54, 1.807) is 35.2 Å². The summed E-state index contributed by atoms with van der Waals surface area (Å²) in [7, 11) is 0. The Morgan fingerprint density at radius 3 is 2.62 bits per heavy atom. The minimum atomic E-state index is -0.280. The molecule has 1 amide bonds. The predicted octanol–water partition coefficient (Wildman–Crippen LogP) is 4.65. The molecule has 0 unspecified atom stereocenters. The number of ether oxygens (including phenoxy) is 1. The van der Waals surface area contributed by atoms with Crippen LogP contribution in [0.4, 0.5) is 10.1 Å². The Bertz CT molecular complexity index is 759. The van der Waals surface area contributed by atoms with E-state index in [1.807, 2.05) is 19.1 Å². The first-order chi connectivity index (χ1) is 12.7. The molecular weight excluding hydrogens is 351 g/mol. The number of nitrogens with zero attached hydrogens (tertiary/aromatic N) is 2.